The molecule has 5 heteroatoms. The molecule has 0 unspecified atom stereocenters. The van der Waals surface area contributed by atoms with Gasteiger partial charge in [0.2, 0.25) is 5.88 Å². The van der Waals surface area contributed by atoms with E-state index in [0.717, 1.165) is 12.0 Å². The lowest BCUT2D eigenvalue weighted by Gasteiger charge is -2.21. The Balaban J connectivity index is 1.97. The SMILES string of the molecule is CC(C)(C)NCc1cc(F)cnc1OCCc1cccs1. The number of hydrogen-bond donors (Lipinski definition) is 1. The Bertz CT molecular complexity index is 564. The van der Waals surface area contributed by atoms with Crippen LogP contribution in [-0.2, 0) is 13.0 Å². The van der Waals surface area contributed by atoms with Crippen molar-refractivity contribution in [3.05, 3.63) is 46.0 Å². The molecule has 0 aliphatic carbocycles. The molecule has 2 aromatic rings. The van der Waals surface area contributed by atoms with Crippen LogP contribution in [0.25, 0.3) is 0 Å². The number of nitrogens with one attached hydrogen (secondary N) is 1. The highest BCUT2D eigenvalue weighted by Crippen LogP contribution is 2.18. The molecule has 114 valence electrons. The molecule has 2 aromatic heterocycles. The number of aromatic nitrogens is 1. The van der Waals surface area contributed by atoms with Crippen LogP contribution in [0.1, 0.15) is 31.2 Å². The van der Waals surface area contributed by atoms with E-state index in [-0.39, 0.29) is 11.4 Å². The summed E-state index contributed by atoms with van der Waals surface area (Å²) in [6.07, 6.45) is 2.03. The first-order valence-electron chi connectivity index (χ1n) is 6.99. The van der Waals surface area contributed by atoms with Crippen LogP contribution in [0, 0.1) is 5.82 Å². The van der Waals surface area contributed by atoms with Crippen molar-refractivity contribution in [2.24, 2.45) is 0 Å². The van der Waals surface area contributed by atoms with Crippen molar-refractivity contribution in [1.82, 2.24) is 10.3 Å². The van der Waals surface area contributed by atoms with Crippen LogP contribution in [0.5, 0.6) is 5.88 Å². The topological polar surface area (TPSA) is 34.2 Å². The number of nitrogens with zero attached hydrogens (tertiary/aromatic N) is 1. The van der Waals surface area contributed by atoms with E-state index in [1.54, 1.807) is 11.3 Å². The molecule has 0 radical (unpaired) electrons. The Morgan fingerprint density at radius 3 is 2.86 bits per heavy atom. The third kappa shape index (κ3) is 5.44. The van der Waals surface area contributed by atoms with Gasteiger partial charge in [-0.1, -0.05) is 6.07 Å². The molecule has 21 heavy (non-hydrogen) atoms. The first-order chi connectivity index (χ1) is 9.94. The largest absolute Gasteiger partial charge is 0.477 e. The maximum Gasteiger partial charge on any atom is 0.218 e. The van der Waals surface area contributed by atoms with Gasteiger partial charge in [0.05, 0.1) is 12.8 Å². The van der Waals surface area contributed by atoms with Gasteiger partial charge in [-0.2, -0.15) is 0 Å². The smallest absolute Gasteiger partial charge is 0.218 e. The van der Waals surface area contributed by atoms with Crippen LogP contribution in [0.4, 0.5) is 4.39 Å². The molecule has 0 saturated carbocycles. The van der Waals surface area contributed by atoms with Crippen LogP contribution < -0.4 is 10.1 Å². The van der Waals surface area contributed by atoms with Gasteiger partial charge in [-0.15, -0.1) is 11.3 Å². The van der Waals surface area contributed by atoms with Crippen LogP contribution in [0.2, 0.25) is 0 Å². The fourth-order valence-corrected chi connectivity index (χ4v) is 2.48. The van der Waals surface area contributed by atoms with Crippen LogP contribution in [-0.4, -0.2) is 17.1 Å². The number of rotatable bonds is 6. The minimum atomic E-state index is -0.341. The Labute approximate surface area is 129 Å². The van der Waals surface area contributed by atoms with Crippen molar-refractivity contribution in [1.29, 1.82) is 0 Å². The van der Waals surface area contributed by atoms with E-state index < -0.39 is 0 Å². The molecule has 2 heterocycles. The van der Waals surface area contributed by atoms with Crippen molar-refractivity contribution in [3.63, 3.8) is 0 Å². The van der Waals surface area contributed by atoms with Crippen LogP contribution in [0.15, 0.2) is 29.8 Å². The molecule has 0 spiro atoms. The third-order valence-corrected chi connectivity index (χ3v) is 3.80. The van der Waals surface area contributed by atoms with Gasteiger partial charge in [-0.3, -0.25) is 0 Å². The van der Waals surface area contributed by atoms with E-state index >= 15 is 0 Å². The van der Waals surface area contributed by atoms with Gasteiger partial charge in [0, 0.05) is 28.9 Å². The van der Waals surface area contributed by atoms with Crippen molar-refractivity contribution < 1.29 is 9.13 Å². The highest BCUT2D eigenvalue weighted by Gasteiger charge is 2.13. The van der Waals surface area contributed by atoms with E-state index in [1.807, 2.05) is 11.4 Å². The average Bonchev–Trinajstić information content (AvgIpc) is 2.91. The molecule has 0 aromatic carbocycles. The highest BCUT2D eigenvalue weighted by molar-refractivity contribution is 7.09. The van der Waals surface area contributed by atoms with Gasteiger partial charge < -0.3 is 10.1 Å². The lowest BCUT2D eigenvalue weighted by molar-refractivity contribution is 0.302. The fraction of sp³-hybridized carbons (Fsp3) is 0.438. The molecule has 0 aliphatic heterocycles. The van der Waals surface area contributed by atoms with Gasteiger partial charge >= 0.3 is 0 Å². The fourth-order valence-electron chi connectivity index (χ4n) is 1.79. The van der Waals surface area contributed by atoms with Crippen molar-refractivity contribution in [3.8, 4) is 5.88 Å². The Morgan fingerprint density at radius 2 is 2.19 bits per heavy atom. The predicted molar refractivity (Wildman–Crippen MR) is 84.3 cm³/mol. The van der Waals surface area contributed by atoms with Gasteiger partial charge in [0.15, 0.2) is 0 Å². The zero-order chi connectivity index (χ0) is 15.3. The van der Waals surface area contributed by atoms with Crippen LogP contribution in [0.3, 0.4) is 0 Å². The Kier molecular flexibility index (Phi) is 5.31. The lowest BCUT2D eigenvalue weighted by atomic mass is 10.1. The summed E-state index contributed by atoms with van der Waals surface area (Å²) in [6.45, 7) is 7.27. The second-order valence-corrected chi connectivity index (χ2v) is 6.93. The minimum absolute atomic E-state index is 0.0411. The summed E-state index contributed by atoms with van der Waals surface area (Å²) in [5, 5.41) is 5.37. The van der Waals surface area contributed by atoms with Gasteiger partial charge in [-0.25, -0.2) is 9.37 Å². The first-order valence-corrected chi connectivity index (χ1v) is 7.87. The monoisotopic (exact) mass is 308 g/mol. The van der Waals surface area contributed by atoms with Crippen molar-refractivity contribution in [2.75, 3.05) is 6.61 Å². The maximum atomic E-state index is 13.4. The Morgan fingerprint density at radius 1 is 1.38 bits per heavy atom. The summed E-state index contributed by atoms with van der Waals surface area (Å²) in [5.74, 6) is 0.163. The summed E-state index contributed by atoms with van der Waals surface area (Å²) in [5.41, 5.74) is 0.705. The zero-order valence-electron chi connectivity index (χ0n) is 12.6. The summed E-state index contributed by atoms with van der Waals surface area (Å²) >= 11 is 1.71. The van der Waals surface area contributed by atoms with Gasteiger partial charge in [-0.05, 0) is 38.3 Å². The van der Waals surface area contributed by atoms with Gasteiger partial charge in [0.1, 0.15) is 5.82 Å². The van der Waals surface area contributed by atoms with E-state index in [1.165, 1.54) is 17.1 Å². The van der Waals surface area contributed by atoms with E-state index in [4.69, 9.17) is 4.74 Å². The average molecular weight is 308 g/mol. The molecule has 0 aliphatic rings. The maximum absolute atomic E-state index is 13.4. The number of pyridine rings is 1. The summed E-state index contributed by atoms with van der Waals surface area (Å²) < 4.78 is 19.1. The number of hydrogen-bond acceptors (Lipinski definition) is 4. The highest BCUT2D eigenvalue weighted by atomic mass is 32.1. The molecule has 0 saturated heterocycles. The molecule has 3 nitrogen and oxygen atoms in total. The molecule has 2 rings (SSSR count). The Hall–Kier alpha value is -1.46. The summed E-state index contributed by atoms with van der Waals surface area (Å²) in [4.78, 5) is 5.33. The first kappa shape index (κ1) is 15.9. The van der Waals surface area contributed by atoms with E-state index in [9.17, 15) is 4.39 Å². The quantitative estimate of drug-likeness (QED) is 0.881. The summed E-state index contributed by atoms with van der Waals surface area (Å²) in [7, 11) is 0. The molecule has 0 bridgehead atoms. The number of halogens is 1. The molecular weight excluding hydrogens is 287 g/mol. The van der Waals surface area contributed by atoms with E-state index in [2.05, 4.69) is 37.1 Å². The minimum Gasteiger partial charge on any atom is -0.477 e. The van der Waals surface area contributed by atoms with Crippen LogP contribution >= 0.6 is 11.3 Å². The second kappa shape index (κ2) is 7.00. The molecule has 0 fully saturated rings. The summed E-state index contributed by atoms with van der Waals surface area (Å²) in [6, 6.07) is 5.58. The molecule has 0 amide bonds. The van der Waals surface area contributed by atoms with E-state index in [0.29, 0.717) is 19.0 Å². The number of thiophene rings is 1. The number of ether oxygens (including phenoxy) is 1. The predicted octanol–water partition coefficient (Wildman–Crippen LogP) is 3.79. The zero-order valence-corrected chi connectivity index (χ0v) is 13.5. The van der Waals surface area contributed by atoms with Crippen molar-refractivity contribution in [2.45, 2.75) is 39.3 Å². The lowest BCUT2D eigenvalue weighted by Crippen LogP contribution is -2.35. The normalized spacial score (nSPS) is 11.6. The van der Waals surface area contributed by atoms with Gasteiger partial charge in [0.25, 0.3) is 0 Å². The molecular formula is C16H21FN2OS. The van der Waals surface area contributed by atoms with Crippen molar-refractivity contribution >= 4 is 11.3 Å². The molecule has 0 atom stereocenters. The standard InChI is InChI=1S/C16H21FN2OS/c1-16(2,3)19-10-12-9-13(17)11-18-15(12)20-7-6-14-5-4-8-21-14/h4-5,8-9,11,19H,6-7,10H2,1-3H3. The second-order valence-electron chi connectivity index (χ2n) is 5.90. The molecule has 1 N–H and O–H groups in total. The third-order valence-electron chi connectivity index (χ3n) is 2.87.